The fourth-order valence-corrected chi connectivity index (χ4v) is 5.45. The van der Waals surface area contributed by atoms with E-state index in [0.29, 0.717) is 17.1 Å². The second-order valence-electron chi connectivity index (χ2n) is 7.64. The van der Waals surface area contributed by atoms with E-state index in [1.807, 2.05) is 36.4 Å². The number of sulfone groups is 1. The van der Waals surface area contributed by atoms with E-state index < -0.39 is 21.2 Å². The number of benzene rings is 3. The maximum absolute atomic E-state index is 13.0. The van der Waals surface area contributed by atoms with E-state index in [1.165, 1.54) is 12.1 Å². The van der Waals surface area contributed by atoms with Crippen LogP contribution in [-0.2, 0) is 16.4 Å². The van der Waals surface area contributed by atoms with Crippen molar-refractivity contribution in [3.63, 3.8) is 0 Å². The van der Waals surface area contributed by atoms with Crippen molar-refractivity contribution in [1.82, 2.24) is 4.98 Å². The SMILES string of the molecule is O=S(=O)(c1ccccc1)[C@H]1COc2ccc(OCc3ccc4ccccc4n3)cc2[C@H]1O. The van der Waals surface area contributed by atoms with Crippen LogP contribution in [0.1, 0.15) is 17.4 Å². The molecule has 0 saturated heterocycles. The summed E-state index contributed by atoms with van der Waals surface area (Å²) in [7, 11) is -3.77. The van der Waals surface area contributed by atoms with Gasteiger partial charge in [0.2, 0.25) is 0 Å². The lowest BCUT2D eigenvalue weighted by Gasteiger charge is -2.30. The summed E-state index contributed by atoms with van der Waals surface area (Å²) in [4.78, 5) is 4.75. The summed E-state index contributed by atoms with van der Waals surface area (Å²) in [5, 5.41) is 10.9. The highest BCUT2D eigenvalue weighted by Crippen LogP contribution is 2.39. The van der Waals surface area contributed by atoms with Crippen molar-refractivity contribution in [2.24, 2.45) is 0 Å². The third kappa shape index (κ3) is 3.81. The standard InChI is InChI=1S/C25H21NO5S/c27-25-21-14-19(30-15-18-11-10-17-6-4-5-9-22(17)26-18)12-13-23(21)31-16-24(25)32(28,29)20-7-2-1-3-8-20/h1-14,24-25,27H,15-16H2/t24-,25+/m0/s1. The molecule has 4 aromatic rings. The van der Waals surface area contributed by atoms with E-state index in [-0.39, 0.29) is 18.1 Å². The molecule has 6 nitrogen and oxygen atoms in total. The molecule has 0 saturated carbocycles. The first kappa shape index (κ1) is 20.5. The number of hydrogen-bond acceptors (Lipinski definition) is 6. The number of ether oxygens (including phenoxy) is 2. The molecule has 0 amide bonds. The fourth-order valence-electron chi connectivity index (χ4n) is 3.83. The fraction of sp³-hybridized carbons (Fsp3) is 0.160. The molecule has 1 aromatic heterocycles. The molecule has 3 aromatic carbocycles. The van der Waals surface area contributed by atoms with Crippen LogP contribution in [0.25, 0.3) is 10.9 Å². The molecule has 0 bridgehead atoms. The normalized spacial score (nSPS) is 18.0. The summed E-state index contributed by atoms with van der Waals surface area (Å²) in [5.74, 6) is 0.951. The molecule has 0 spiro atoms. The van der Waals surface area contributed by atoms with Crippen molar-refractivity contribution in [2.45, 2.75) is 22.9 Å². The Hall–Kier alpha value is -3.42. The predicted molar refractivity (Wildman–Crippen MR) is 120 cm³/mol. The molecule has 162 valence electrons. The zero-order chi connectivity index (χ0) is 22.1. The lowest BCUT2D eigenvalue weighted by atomic mass is 10.0. The highest BCUT2D eigenvalue weighted by atomic mass is 32.2. The van der Waals surface area contributed by atoms with Gasteiger partial charge >= 0.3 is 0 Å². The maximum atomic E-state index is 13.0. The highest BCUT2D eigenvalue weighted by Gasteiger charge is 2.40. The molecule has 32 heavy (non-hydrogen) atoms. The average Bonchev–Trinajstić information content (AvgIpc) is 2.83. The number of rotatable bonds is 5. The van der Waals surface area contributed by atoms with Crippen LogP contribution in [0.5, 0.6) is 11.5 Å². The summed E-state index contributed by atoms with van der Waals surface area (Å²) in [5.41, 5.74) is 2.05. The second-order valence-corrected chi connectivity index (χ2v) is 9.80. The molecular formula is C25H21NO5S. The third-order valence-electron chi connectivity index (χ3n) is 5.57. The van der Waals surface area contributed by atoms with Gasteiger partial charge in [-0.05, 0) is 42.5 Å². The Morgan fingerprint density at radius 3 is 2.59 bits per heavy atom. The molecule has 5 rings (SSSR count). The summed E-state index contributed by atoms with van der Waals surface area (Å²) in [6.07, 6.45) is -1.23. The molecule has 0 radical (unpaired) electrons. The van der Waals surface area contributed by atoms with Crippen molar-refractivity contribution in [3.8, 4) is 11.5 Å². The molecule has 2 atom stereocenters. The Balaban J connectivity index is 1.37. The van der Waals surface area contributed by atoms with E-state index in [1.54, 1.807) is 36.4 Å². The minimum Gasteiger partial charge on any atom is -0.492 e. The monoisotopic (exact) mass is 447 g/mol. The molecule has 0 fully saturated rings. The van der Waals surface area contributed by atoms with Gasteiger partial charge in [-0.15, -0.1) is 0 Å². The van der Waals surface area contributed by atoms with Crippen LogP contribution in [0.2, 0.25) is 0 Å². The Morgan fingerprint density at radius 2 is 1.75 bits per heavy atom. The predicted octanol–water partition coefficient (Wildman–Crippen LogP) is 4.08. The Kier molecular flexibility index (Phi) is 5.28. The number of nitrogens with zero attached hydrogens (tertiary/aromatic N) is 1. The summed E-state index contributed by atoms with van der Waals surface area (Å²) in [6.45, 7) is 0.124. The summed E-state index contributed by atoms with van der Waals surface area (Å²) < 4.78 is 37.6. The van der Waals surface area contributed by atoms with Crippen LogP contribution in [0.4, 0.5) is 0 Å². The van der Waals surface area contributed by atoms with Gasteiger partial charge in [0.05, 0.1) is 16.1 Å². The summed E-state index contributed by atoms with van der Waals surface area (Å²) >= 11 is 0. The van der Waals surface area contributed by atoms with Gasteiger partial charge < -0.3 is 14.6 Å². The highest BCUT2D eigenvalue weighted by molar-refractivity contribution is 7.92. The van der Waals surface area contributed by atoms with Crippen molar-refractivity contribution in [3.05, 3.63) is 96.2 Å². The number of para-hydroxylation sites is 1. The van der Waals surface area contributed by atoms with Gasteiger partial charge in [0, 0.05) is 10.9 Å². The molecule has 0 aliphatic carbocycles. The van der Waals surface area contributed by atoms with Gasteiger partial charge in [-0.3, -0.25) is 0 Å². The zero-order valence-corrected chi connectivity index (χ0v) is 17.9. The number of aliphatic hydroxyl groups excluding tert-OH is 1. The Labute approximate surface area is 186 Å². The first-order valence-electron chi connectivity index (χ1n) is 10.2. The van der Waals surface area contributed by atoms with Crippen molar-refractivity contribution in [2.75, 3.05) is 6.61 Å². The number of aliphatic hydroxyl groups is 1. The second kappa shape index (κ2) is 8.26. The number of pyridine rings is 1. The zero-order valence-electron chi connectivity index (χ0n) is 17.1. The molecular weight excluding hydrogens is 426 g/mol. The van der Waals surface area contributed by atoms with Crippen LogP contribution in [0.15, 0.2) is 89.8 Å². The van der Waals surface area contributed by atoms with Crippen LogP contribution in [0.3, 0.4) is 0 Å². The van der Waals surface area contributed by atoms with Crippen LogP contribution >= 0.6 is 0 Å². The van der Waals surface area contributed by atoms with Gasteiger partial charge in [-0.2, -0.15) is 0 Å². The van der Waals surface area contributed by atoms with Gasteiger partial charge in [0.25, 0.3) is 0 Å². The van der Waals surface area contributed by atoms with Crippen LogP contribution in [-0.4, -0.2) is 30.4 Å². The van der Waals surface area contributed by atoms with E-state index in [0.717, 1.165) is 16.6 Å². The Bertz CT molecular complexity index is 1370. The molecule has 7 heteroatoms. The minimum atomic E-state index is -3.77. The first-order valence-corrected chi connectivity index (χ1v) is 11.8. The molecule has 1 aliphatic rings. The van der Waals surface area contributed by atoms with Gasteiger partial charge in [0.15, 0.2) is 9.84 Å². The lowest BCUT2D eigenvalue weighted by Crippen LogP contribution is -2.37. The molecule has 1 N–H and O–H groups in total. The Morgan fingerprint density at radius 1 is 0.969 bits per heavy atom. The number of aromatic nitrogens is 1. The minimum absolute atomic E-state index is 0.118. The smallest absolute Gasteiger partial charge is 0.187 e. The molecule has 2 heterocycles. The van der Waals surface area contributed by atoms with Crippen LogP contribution < -0.4 is 9.47 Å². The first-order chi connectivity index (χ1) is 15.5. The third-order valence-corrected chi connectivity index (χ3v) is 7.69. The van der Waals surface area contributed by atoms with E-state index in [2.05, 4.69) is 4.98 Å². The van der Waals surface area contributed by atoms with Crippen molar-refractivity contribution >= 4 is 20.7 Å². The molecule has 1 aliphatic heterocycles. The van der Waals surface area contributed by atoms with E-state index in [4.69, 9.17) is 9.47 Å². The quantitative estimate of drug-likeness (QED) is 0.496. The number of fused-ring (bicyclic) bond motifs is 2. The average molecular weight is 448 g/mol. The summed E-state index contributed by atoms with van der Waals surface area (Å²) in [6, 6.07) is 24.9. The van der Waals surface area contributed by atoms with Gasteiger partial charge in [-0.1, -0.05) is 42.5 Å². The van der Waals surface area contributed by atoms with E-state index in [9.17, 15) is 13.5 Å². The van der Waals surface area contributed by atoms with E-state index >= 15 is 0 Å². The van der Waals surface area contributed by atoms with Gasteiger partial charge in [0.1, 0.15) is 36.1 Å². The molecule has 0 unspecified atom stereocenters. The topological polar surface area (TPSA) is 85.7 Å². The van der Waals surface area contributed by atoms with Gasteiger partial charge in [-0.25, -0.2) is 13.4 Å². The maximum Gasteiger partial charge on any atom is 0.187 e. The largest absolute Gasteiger partial charge is 0.492 e. The van der Waals surface area contributed by atoms with Crippen molar-refractivity contribution < 1.29 is 23.0 Å². The number of hydrogen-bond donors (Lipinski definition) is 1. The van der Waals surface area contributed by atoms with Crippen LogP contribution in [0, 0.1) is 0 Å². The van der Waals surface area contributed by atoms with Crippen molar-refractivity contribution in [1.29, 1.82) is 0 Å². The lowest BCUT2D eigenvalue weighted by molar-refractivity contribution is 0.118.